The zero-order valence-corrected chi connectivity index (χ0v) is 13.3. The standard InChI is InChI=1S/C17H21N3O3/c1-10-17(11(2)20-19-10)18-16(22)9-23-15-8-4-5-12-13(15)6-3-7-14(12)21/h4-5,8,14,21H,3,6-7,9H2,1-2H3,(H,18,22)(H,19,20). The molecule has 6 nitrogen and oxygen atoms in total. The quantitative estimate of drug-likeness (QED) is 0.808. The molecule has 6 heteroatoms. The van der Waals surface area contributed by atoms with Crippen LogP contribution in [0.2, 0.25) is 0 Å². The first-order chi connectivity index (χ1) is 11.1. The second-order valence-corrected chi connectivity index (χ2v) is 5.88. The van der Waals surface area contributed by atoms with E-state index >= 15 is 0 Å². The molecule has 1 unspecified atom stereocenters. The Morgan fingerprint density at radius 3 is 3.04 bits per heavy atom. The minimum absolute atomic E-state index is 0.0728. The molecule has 0 radical (unpaired) electrons. The molecule has 3 rings (SSSR count). The Hall–Kier alpha value is -2.34. The van der Waals surface area contributed by atoms with Gasteiger partial charge in [-0.3, -0.25) is 9.89 Å². The average molecular weight is 315 g/mol. The number of aliphatic hydroxyl groups is 1. The Morgan fingerprint density at radius 2 is 2.30 bits per heavy atom. The smallest absolute Gasteiger partial charge is 0.262 e. The highest BCUT2D eigenvalue weighted by Crippen LogP contribution is 2.35. The van der Waals surface area contributed by atoms with Crippen LogP contribution in [0.5, 0.6) is 5.75 Å². The van der Waals surface area contributed by atoms with Crippen LogP contribution in [0.25, 0.3) is 0 Å². The highest BCUT2D eigenvalue weighted by atomic mass is 16.5. The fourth-order valence-electron chi connectivity index (χ4n) is 2.98. The van der Waals surface area contributed by atoms with Crippen molar-refractivity contribution in [2.45, 2.75) is 39.2 Å². The summed E-state index contributed by atoms with van der Waals surface area (Å²) >= 11 is 0. The molecule has 1 aromatic heterocycles. The highest BCUT2D eigenvalue weighted by molar-refractivity contribution is 5.93. The zero-order valence-electron chi connectivity index (χ0n) is 13.3. The summed E-state index contributed by atoms with van der Waals surface area (Å²) in [4.78, 5) is 12.1. The molecule has 1 atom stereocenters. The van der Waals surface area contributed by atoms with Gasteiger partial charge in [0.05, 0.1) is 23.2 Å². The van der Waals surface area contributed by atoms with E-state index in [-0.39, 0.29) is 12.5 Å². The zero-order chi connectivity index (χ0) is 16.4. The number of carbonyl (C=O) groups excluding carboxylic acids is 1. The van der Waals surface area contributed by atoms with E-state index in [1.54, 1.807) is 0 Å². The summed E-state index contributed by atoms with van der Waals surface area (Å²) in [5, 5.41) is 19.7. The Balaban J connectivity index is 1.67. The topological polar surface area (TPSA) is 87.2 Å². The van der Waals surface area contributed by atoms with E-state index < -0.39 is 6.10 Å². The Labute approximate surface area is 134 Å². The van der Waals surface area contributed by atoms with E-state index in [4.69, 9.17) is 4.74 Å². The Kier molecular flexibility index (Phi) is 4.34. The van der Waals surface area contributed by atoms with Crippen molar-refractivity contribution in [1.82, 2.24) is 10.2 Å². The van der Waals surface area contributed by atoms with E-state index in [9.17, 15) is 9.90 Å². The van der Waals surface area contributed by atoms with Crippen molar-refractivity contribution in [3.63, 3.8) is 0 Å². The summed E-state index contributed by atoms with van der Waals surface area (Å²) in [6.45, 7) is 3.61. The maximum atomic E-state index is 12.1. The number of ether oxygens (including phenoxy) is 1. The monoisotopic (exact) mass is 315 g/mol. The Bertz CT molecular complexity index is 704. The van der Waals surface area contributed by atoms with Crippen molar-refractivity contribution in [1.29, 1.82) is 0 Å². The third-order valence-corrected chi connectivity index (χ3v) is 4.18. The number of anilines is 1. The molecule has 1 aromatic carbocycles. The summed E-state index contributed by atoms with van der Waals surface area (Å²) in [5.41, 5.74) is 4.18. The number of benzene rings is 1. The van der Waals surface area contributed by atoms with E-state index in [1.807, 2.05) is 32.0 Å². The fourth-order valence-corrected chi connectivity index (χ4v) is 2.98. The fraction of sp³-hybridized carbons (Fsp3) is 0.412. The molecule has 1 aliphatic carbocycles. The van der Waals surface area contributed by atoms with Crippen LogP contribution in [0.15, 0.2) is 18.2 Å². The molecule has 0 fully saturated rings. The first-order valence-corrected chi connectivity index (χ1v) is 7.80. The van der Waals surface area contributed by atoms with Crippen LogP contribution in [0, 0.1) is 13.8 Å². The van der Waals surface area contributed by atoms with Gasteiger partial charge in [-0.2, -0.15) is 5.10 Å². The summed E-state index contributed by atoms with van der Waals surface area (Å²) in [5.74, 6) is 0.448. The minimum Gasteiger partial charge on any atom is -0.483 e. The summed E-state index contributed by atoms with van der Waals surface area (Å²) in [6, 6.07) is 5.62. The van der Waals surface area contributed by atoms with Gasteiger partial charge in [-0.05, 0) is 50.3 Å². The largest absolute Gasteiger partial charge is 0.483 e. The van der Waals surface area contributed by atoms with Crippen LogP contribution in [-0.4, -0.2) is 27.8 Å². The number of aromatic amines is 1. The lowest BCUT2D eigenvalue weighted by Gasteiger charge is -2.23. The van der Waals surface area contributed by atoms with E-state index in [2.05, 4.69) is 15.5 Å². The number of aliphatic hydroxyl groups excluding tert-OH is 1. The van der Waals surface area contributed by atoms with Crippen LogP contribution in [0.1, 0.15) is 41.5 Å². The summed E-state index contributed by atoms with van der Waals surface area (Å²) in [6.07, 6.45) is 2.13. The molecule has 1 heterocycles. The molecule has 23 heavy (non-hydrogen) atoms. The van der Waals surface area contributed by atoms with Crippen molar-refractivity contribution in [2.75, 3.05) is 11.9 Å². The molecule has 0 aliphatic heterocycles. The normalized spacial score (nSPS) is 16.7. The third-order valence-electron chi connectivity index (χ3n) is 4.18. The molecule has 0 bridgehead atoms. The van der Waals surface area contributed by atoms with Gasteiger partial charge in [0, 0.05) is 0 Å². The van der Waals surface area contributed by atoms with Gasteiger partial charge in [0.15, 0.2) is 6.61 Å². The molecule has 2 aromatic rings. The average Bonchev–Trinajstić information content (AvgIpc) is 2.85. The van der Waals surface area contributed by atoms with Gasteiger partial charge < -0.3 is 15.2 Å². The summed E-state index contributed by atoms with van der Waals surface area (Å²) in [7, 11) is 0. The molecule has 0 saturated carbocycles. The summed E-state index contributed by atoms with van der Waals surface area (Å²) < 4.78 is 5.69. The molecule has 1 aliphatic rings. The molecule has 0 saturated heterocycles. The van der Waals surface area contributed by atoms with Crippen molar-refractivity contribution in [3.8, 4) is 5.75 Å². The van der Waals surface area contributed by atoms with Crippen LogP contribution in [0.3, 0.4) is 0 Å². The lowest BCUT2D eigenvalue weighted by Crippen LogP contribution is -2.21. The highest BCUT2D eigenvalue weighted by Gasteiger charge is 2.21. The number of carbonyl (C=O) groups is 1. The van der Waals surface area contributed by atoms with Gasteiger partial charge in [0.25, 0.3) is 5.91 Å². The number of nitrogens with zero attached hydrogens (tertiary/aromatic N) is 1. The maximum absolute atomic E-state index is 12.1. The third kappa shape index (κ3) is 3.22. The molecule has 0 spiro atoms. The van der Waals surface area contributed by atoms with E-state index in [1.165, 1.54) is 0 Å². The van der Waals surface area contributed by atoms with Gasteiger partial charge in [-0.15, -0.1) is 0 Å². The van der Waals surface area contributed by atoms with Crippen LogP contribution in [-0.2, 0) is 11.2 Å². The van der Waals surface area contributed by atoms with Crippen LogP contribution in [0.4, 0.5) is 5.69 Å². The molecular formula is C17H21N3O3. The predicted octanol–water partition coefficient (Wildman–Crippen LogP) is 2.41. The van der Waals surface area contributed by atoms with Crippen LogP contribution < -0.4 is 10.1 Å². The van der Waals surface area contributed by atoms with Gasteiger partial charge >= 0.3 is 0 Å². The SMILES string of the molecule is Cc1n[nH]c(C)c1NC(=O)COc1cccc2c1CCCC2O. The number of nitrogens with one attached hydrogen (secondary N) is 2. The van der Waals surface area contributed by atoms with Gasteiger partial charge in [0.1, 0.15) is 5.75 Å². The van der Waals surface area contributed by atoms with E-state index in [0.717, 1.165) is 41.8 Å². The number of rotatable bonds is 4. The number of H-pyrrole nitrogens is 1. The number of fused-ring (bicyclic) bond motifs is 1. The van der Waals surface area contributed by atoms with Crippen molar-refractivity contribution in [2.24, 2.45) is 0 Å². The van der Waals surface area contributed by atoms with Gasteiger partial charge in [-0.1, -0.05) is 12.1 Å². The van der Waals surface area contributed by atoms with Gasteiger partial charge in [0.2, 0.25) is 0 Å². The lowest BCUT2D eigenvalue weighted by atomic mass is 9.89. The predicted molar refractivity (Wildman–Crippen MR) is 86.5 cm³/mol. The van der Waals surface area contributed by atoms with E-state index in [0.29, 0.717) is 11.4 Å². The second kappa shape index (κ2) is 6.42. The second-order valence-electron chi connectivity index (χ2n) is 5.88. The molecule has 122 valence electrons. The number of aryl methyl sites for hydroxylation is 2. The molecular weight excluding hydrogens is 294 g/mol. The maximum Gasteiger partial charge on any atom is 0.262 e. The Morgan fingerprint density at radius 1 is 1.48 bits per heavy atom. The molecule has 1 amide bonds. The number of hydrogen-bond donors (Lipinski definition) is 3. The van der Waals surface area contributed by atoms with Crippen molar-refractivity contribution >= 4 is 11.6 Å². The first kappa shape index (κ1) is 15.6. The number of aromatic nitrogens is 2. The minimum atomic E-state index is -0.438. The molecule has 3 N–H and O–H groups in total. The van der Waals surface area contributed by atoms with Crippen molar-refractivity contribution in [3.05, 3.63) is 40.7 Å². The van der Waals surface area contributed by atoms with Gasteiger partial charge in [-0.25, -0.2) is 0 Å². The lowest BCUT2D eigenvalue weighted by molar-refractivity contribution is -0.118. The van der Waals surface area contributed by atoms with Crippen LogP contribution >= 0.6 is 0 Å². The first-order valence-electron chi connectivity index (χ1n) is 7.80. The number of amides is 1. The van der Waals surface area contributed by atoms with Crippen molar-refractivity contribution < 1.29 is 14.6 Å². The number of hydrogen-bond acceptors (Lipinski definition) is 4.